The maximum atomic E-state index is 4.25. The molecule has 1 N–H and O–H groups in total. The zero-order chi connectivity index (χ0) is 12.0. The zero-order valence-corrected chi connectivity index (χ0v) is 11.9. The molecule has 1 aliphatic carbocycles. The molecule has 3 heteroatoms. The number of imidazole rings is 1. The summed E-state index contributed by atoms with van der Waals surface area (Å²) in [5.74, 6) is 1.78. The molecule has 2 rings (SSSR count). The maximum Gasteiger partial charge on any atom is 0.103 e. The molecule has 0 amide bonds. The standard InChI is InChI=1S/C10H17N2P.C3H8/c1-7-11-6-10(12-7)8-2-4-9(13)5-3-8;1-3-2/h6,8-9H,2-5,13H2,1H3,(H,11,12);3H2,1-2H3. The van der Waals surface area contributed by atoms with Crippen molar-refractivity contribution in [2.24, 2.45) is 0 Å². The van der Waals surface area contributed by atoms with Gasteiger partial charge in [0.2, 0.25) is 0 Å². The number of H-pyrrole nitrogens is 1. The molecular formula is C13H25N2P. The first-order valence-electron chi connectivity index (χ1n) is 6.44. The number of rotatable bonds is 1. The second-order valence-electron chi connectivity index (χ2n) is 4.74. The van der Waals surface area contributed by atoms with Gasteiger partial charge in [-0.15, -0.1) is 9.24 Å². The average Bonchev–Trinajstić information content (AvgIpc) is 2.67. The van der Waals surface area contributed by atoms with Crippen LogP contribution >= 0.6 is 9.24 Å². The van der Waals surface area contributed by atoms with E-state index >= 15 is 0 Å². The van der Waals surface area contributed by atoms with Crippen molar-refractivity contribution in [1.29, 1.82) is 0 Å². The van der Waals surface area contributed by atoms with Gasteiger partial charge in [-0.1, -0.05) is 20.3 Å². The summed E-state index contributed by atoms with van der Waals surface area (Å²) in [7, 11) is 2.94. The Bertz CT molecular complexity index is 288. The molecule has 0 radical (unpaired) electrons. The number of hydrogen-bond acceptors (Lipinski definition) is 1. The Balaban J connectivity index is 0.000000386. The number of aromatic amines is 1. The van der Waals surface area contributed by atoms with Crippen LogP contribution in [0, 0.1) is 6.92 Å². The molecule has 1 atom stereocenters. The Labute approximate surface area is 102 Å². The third-order valence-electron chi connectivity index (χ3n) is 2.93. The number of aromatic nitrogens is 2. The first-order chi connectivity index (χ1) is 7.67. The number of nitrogens with zero attached hydrogens (tertiary/aromatic N) is 1. The Morgan fingerprint density at radius 3 is 2.31 bits per heavy atom. The van der Waals surface area contributed by atoms with Gasteiger partial charge in [0, 0.05) is 17.8 Å². The fourth-order valence-corrected chi connectivity index (χ4v) is 2.46. The summed E-state index contributed by atoms with van der Waals surface area (Å²) in [6, 6.07) is 0. The smallest absolute Gasteiger partial charge is 0.103 e. The highest BCUT2D eigenvalue weighted by Crippen LogP contribution is 2.34. The minimum Gasteiger partial charge on any atom is -0.346 e. The lowest BCUT2D eigenvalue weighted by Crippen LogP contribution is -2.12. The highest BCUT2D eigenvalue weighted by Gasteiger charge is 2.20. The lowest BCUT2D eigenvalue weighted by Gasteiger charge is -2.24. The monoisotopic (exact) mass is 240 g/mol. The van der Waals surface area contributed by atoms with E-state index < -0.39 is 0 Å². The highest BCUT2D eigenvalue weighted by molar-refractivity contribution is 7.17. The van der Waals surface area contributed by atoms with Crippen molar-refractivity contribution >= 4 is 9.24 Å². The normalized spacial score (nSPS) is 24.8. The van der Waals surface area contributed by atoms with Crippen molar-refractivity contribution in [3.05, 3.63) is 17.7 Å². The Morgan fingerprint density at radius 2 is 1.88 bits per heavy atom. The van der Waals surface area contributed by atoms with E-state index in [-0.39, 0.29) is 0 Å². The third kappa shape index (κ3) is 4.25. The minimum absolute atomic E-state index is 0.734. The molecule has 1 heterocycles. The van der Waals surface area contributed by atoms with Gasteiger partial charge in [-0.2, -0.15) is 0 Å². The second kappa shape index (κ2) is 7.06. The van der Waals surface area contributed by atoms with Crippen LogP contribution < -0.4 is 0 Å². The minimum atomic E-state index is 0.734. The van der Waals surface area contributed by atoms with E-state index in [0.717, 1.165) is 17.4 Å². The first-order valence-corrected chi connectivity index (χ1v) is 7.11. The lowest BCUT2D eigenvalue weighted by atomic mass is 9.87. The van der Waals surface area contributed by atoms with Crippen LogP contribution in [-0.2, 0) is 0 Å². The largest absolute Gasteiger partial charge is 0.346 e. The van der Waals surface area contributed by atoms with E-state index in [1.54, 1.807) is 0 Å². The van der Waals surface area contributed by atoms with Gasteiger partial charge in [0.05, 0.1) is 0 Å². The van der Waals surface area contributed by atoms with Crippen LogP contribution in [0.25, 0.3) is 0 Å². The quantitative estimate of drug-likeness (QED) is 0.737. The molecule has 2 nitrogen and oxygen atoms in total. The number of hydrogen-bond donors (Lipinski definition) is 1. The SMILES string of the molecule is CCC.Cc1ncc(C2CCC(P)CC2)[nH]1. The predicted octanol–water partition coefficient (Wildman–Crippen LogP) is 4.04. The third-order valence-corrected chi connectivity index (χ3v) is 3.60. The summed E-state index contributed by atoms with van der Waals surface area (Å²) in [5, 5.41) is 0. The summed E-state index contributed by atoms with van der Waals surface area (Å²) in [5.41, 5.74) is 2.19. The van der Waals surface area contributed by atoms with Gasteiger partial charge in [-0.05, 0) is 38.3 Å². The van der Waals surface area contributed by atoms with E-state index in [9.17, 15) is 0 Å². The number of aryl methyl sites for hydroxylation is 1. The Morgan fingerprint density at radius 1 is 1.31 bits per heavy atom. The molecule has 0 spiro atoms. The van der Waals surface area contributed by atoms with E-state index in [2.05, 4.69) is 33.1 Å². The van der Waals surface area contributed by atoms with Crippen molar-refractivity contribution in [3.63, 3.8) is 0 Å². The van der Waals surface area contributed by atoms with Crippen LogP contribution in [0.15, 0.2) is 6.20 Å². The van der Waals surface area contributed by atoms with Gasteiger partial charge in [0.25, 0.3) is 0 Å². The summed E-state index contributed by atoms with van der Waals surface area (Å²) in [4.78, 5) is 7.59. The van der Waals surface area contributed by atoms with Crippen molar-refractivity contribution in [3.8, 4) is 0 Å². The van der Waals surface area contributed by atoms with E-state index in [1.165, 1.54) is 37.8 Å². The van der Waals surface area contributed by atoms with Crippen molar-refractivity contribution < 1.29 is 0 Å². The molecule has 0 bridgehead atoms. The molecule has 1 aromatic heterocycles. The van der Waals surface area contributed by atoms with Gasteiger partial charge in [0.15, 0.2) is 0 Å². The summed E-state index contributed by atoms with van der Waals surface area (Å²) in [6.07, 6.45) is 8.57. The van der Waals surface area contributed by atoms with Crippen molar-refractivity contribution in [1.82, 2.24) is 9.97 Å². The summed E-state index contributed by atoms with van der Waals surface area (Å²) in [6.45, 7) is 6.27. The molecule has 1 saturated carbocycles. The van der Waals surface area contributed by atoms with Gasteiger partial charge in [-0.3, -0.25) is 0 Å². The van der Waals surface area contributed by atoms with Crippen molar-refractivity contribution in [2.45, 2.75) is 64.5 Å². The van der Waals surface area contributed by atoms with Gasteiger partial charge in [0.1, 0.15) is 5.82 Å². The van der Waals surface area contributed by atoms with Crippen LogP contribution in [0.3, 0.4) is 0 Å². The summed E-state index contributed by atoms with van der Waals surface area (Å²) >= 11 is 0. The molecule has 92 valence electrons. The average molecular weight is 240 g/mol. The summed E-state index contributed by atoms with van der Waals surface area (Å²) < 4.78 is 0. The van der Waals surface area contributed by atoms with E-state index in [4.69, 9.17) is 0 Å². The topological polar surface area (TPSA) is 28.7 Å². The van der Waals surface area contributed by atoms with E-state index in [1.807, 2.05) is 13.1 Å². The first kappa shape index (κ1) is 13.7. The Hall–Kier alpha value is -0.360. The lowest BCUT2D eigenvalue weighted by molar-refractivity contribution is 0.446. The predicted molar refractivity (Wildman–Crippen MR) is 74.0 cm³/mol. The Kier molecular flexibility index (Phi) is 6.05. The van der Waals surface area contributed by atoms with Crippen LogP contribution in [0.5, 0.6) is 0 Å². The molecule has 1 aliphatic rings. The molecule has 0 aliphatic heterocycles. The molecule has 1 fully saturated rings. The molecule has 1 aromatic rings. The van der Waals surface area contributed by atoms with Crippen molar-refractivity contribution in [2.75, 3.05) is 0 Å². The second-order valence-corrected chi connectivity index (χ2v) is 5.69. The zero-order valence-electron chi connectivity index (χ0n) is 10.8. The molecule has 0 saturated heterocycles. The molecule has 0 aromatic carbocycles. The van der Waals surface area contributed by atoms with Gasteiger partial charge >= 0.3 is 0 Å². The molecule has 1 unspecified atom stereocenters. The van der Waals surface area contributed by atoms with Crippen LogP contribution in [0.2, 0.25) is 0 Å². The maximum absolute atomic E-state index is 4.25. The molecule has 16 heavy (non-hydrogen) atoms. The van der Waals surface area contributed by atoms with Gasteiger partial charge in [-0.25, -0.2) is 4.98 Å². The number of nitrogens with one attached hydrogen (secondary N) is 1. The fourth-order valence-electron chi connectivity index (χ4n) is 2.08. The molecular weight excluding hydrogens is 215 g/mol. The highest BCUT2D eigenvalue weighted by atomic mass is 31.0. The van der Waals surface area contributed by atoms with E-state index in [0.29, 0.717) is 0 Å². The van der Waals surface area contributed by atoms with Crippen LogP contribution in [0.4, 0.5) is 0 Å². The van der Waals surface area contributed by atoms with Gasteiger partial charge < -0.3 is 4.98 Å². The van der Waals surface area contributed by atoms with Crippen LogP contribution in [0.1, 0.15) is 63.4 Å². The fraction of sp³-hybridized carbons (Fsp3) is 0.769. The van der Waals surface area contributed by atoms with Crippen LogP contribution in [-0.4, -0.2) is 15.6 Å².